The largest absolute Gasteiger partial charge is 0.478 e. The summed E-state index contributed by atoms with van der Waals surface area (Å²) in [5.74, 6) is -0.676. The number of pyridine rings is 1. The lowest BCUT2D eigenvalue weighted by Crippen LogP contribution is -2.09. The van der Waals surface area contributed by atoms with Crippen molar-refractivity contribution in [2.45, 2.75) is 6.54 Å². The first-order valence-corrected chi connectivity index (χ1v) is 6.70. The predicted molar refractivity (Wildman–Crippen MR) is 75.0 cm³/mol. The number of nitrogens with two attached hydrogens (primary N) is 1. The zero-order chi connectivity index (χ0) is 13.1. The van der Waals surface area contributed by atoms with Crippen LogP contribution in [-0.2, 0) is 6.54 Å². The van der Waals surface area contributed by atoms with Crippen molar-refractivity contribution < 1.29 is 9.90 Å². The van der Waals surface area contributed by atoms with Crippen LogP contribution in [0.1, 0.15) is 15.2 Å². The summed E-state index contributed by atoms with van der Waals surface area (Å²) in [5.41, 5.74) is 5.95. The number of hydrogen-bond acceptors (Lipinski definition) is 5. The smallest absolute Gasteiger partial charge is 0.337 e. The minimum atomic E-state index is -1.06. The third-order valence-corrected chi connectivity index (χ3v) is 4.25. The number of carboxylic acid groups (broad SMARTS) is 1. The molecule has 5 nitrogen and oxygen atoms in total. The monoisotopic (exact) mass is 327 g/mol. The summed E-state index contributed by atoms with van der Waals surface area (Å²) in [5, 5.41) is 13.9. The first-order valence-electron chi connectivity index (χ1n) is 5.03. The van der Waals surface area contributed by atoms with Crippen molar-refractivity contribution in [2.24, 2.45) is 0 Å². The second kappa shape index (κ2) is 5.36. The van der Waals surface area contributed by atoms with Gasteiger partial charge >= 0.3 is 5.97 Å². The van der Waals surface area contributed by atoms with Crippen LogP contribution in [0.5, 0.6) is 0 Å². The number of nitrogens with one attached hydrogen (secondary N) is 1. The minimum Gasteiger partial charge on any atom is -0.478 e. The maximum atomic E-state index is 10.9. The summed E-state index contributed by atoms with van der Waals surface area (Å²) >= 11 is 5.01. The van der Waals surface area contributed by atoms with Gasteiger partial charge in [-0.25, -0.2) is 9.78 Å². The number of aromatic carboxylic acids is 1. The maximum Gasteiger partial charge on any atom is 0.337 e. The van der Waals surface area contributed by atoms with Gasteiger partial charge in [-0.05, 0) is 33.4 Å². The molecule has 0 saturated heterocycles. The van der Waals surface area contributed by atoms with E-state index in [-0.39, 0.29) is 11.3 Å². The quantitative estimate of drug-likeness (QED) is 0.803. The van der Waals surface area contributed by atoms with E-state index in [1.807, 2.05) is 11.4 Å². The van der Waals surface area contributed by atoms with Crippen molar-refractivity contribution in [3.8, 4) is 0 Å². The molecule has 0 aliphatic carbocycles. The topological polar surface area (TPSA) is 88.2 Å². The summed E-state index contributed by atoms with van der Waals surface area (Å²) in [6.45, 7) is 0.540. The second-order valence-corrected chi connectivity index (χ2v) is 5.33. The molecule has 0 spiro atoms. The first-order chi connectivity index (χ1) is 8.59. The van der Waals surface area contributed by atoms with Gasteiger partial charge in [0.25, 0.3) is 0 Å². The lowest BCUT2D eigenvalue weighted by Gasteiger charge is -2.09. The number of nitrogen functional groups attached to an aromatic ring is 1. The van der Waals surface area contributed by atoms with E-state index in [0.29, 0.717) is 12.4 Å². The van der Waals surface area contributed by atoms with Gasteiger partial charge in [-0.3, -0.25) is 0 Å². The van der Waals surface area contributed by atoms with E-state index in [2.05, 4.69) is 26.2 Å². The Balaban J connectivity index is 2.17. The number of anilines is 2. The molecule has 0 amide bonds. The fourth-order valence-corrected chi connectivity index (χ4v) is 2.85. The Bertz CT molecular complexity index is 585. The molecule has 0 aromatic carbocycles. The van der Waals surface area contributed by atoms with E-state index in [1.165, 1.54) is 12.3 Å². The highest BCUT2D eigenvalue weighted by molar-refractivity contribution is 9.10. The van der Waals surface area contributed by atoms with Gasteiger partial charge in [0.1, 0.15) is 5.82 Å². The molecule has 2 rings (SSSR count). The van der Waals surface area contributed by atoms with Crippen LogP contribution in [0, 0.1) is 0 Å². The van der Waals surface area contributed by atoms with Crippen LogP contribution < -0.4 is 11.1 Å². The number of nitrogens with zero attached hydrogens (tertiary/aromatic N) is 1. The Hall–Kier alpha value is -1.60. The third kappa shape index (κ3) is 2.62. The lowest BCUT2D eigenvalue weighted by molar-refractivity contribution is 0.0698. The van der Waals surface area contributed by atoms with E-state index in [4.69, 9.17) is 10.8 Å². The van der Waals surface area contributed by atoms with Crippen molar-refractivity contribution in [1.29, 1.82) is 0 Å². The van der Waals surface area contributed by atoms with Crippen LogP contribution in [0.4, 0.5) is 11.5 Å². The van der Waals surface area contributed by atoms with Gasteiger partial charge in [-0.15, -0.1) is 11.3 Å². The van der Waals surface area contributed by atoms with Gasteiger partial charge in [0.15, 0.2) is 0 Å². The molecule has 0 saturated carbocycles. The number of rotatable bonds is 4. The van der Waals surface area contributed by atoms with E-state index >= 15 is 0 Å². The molecule has 0 atom stereocenters. The average molecular weight is 328 g/mol. The highest BCUT2D eigenvalue weighted by atomic mass is 79.9. The Morgan fingerprint density at radius 2 is 2.33 bits per heavy atom. The van der Waals surface area contributed by atoms with Gasteiger partial charge in [-0.1, -0.05) is 0 Å². The van der Waals surface area contributed by atoms with E-state index < -0.39 is 5.97 Å². The molecule has 0 radical (unpaired) electrons. The number of carboxylic acids is 1. The summed E-state index contributed by atoms with van der Waals surface area (Å²) in [6, 6.07) is 3.33. The number of halogens is 1. The van der Waals surface area contributed by atoms with Gasteiger partial charge in [0.05, 0.1) is 17.8 Å². The van der Waals surface area contributed by atoms with Crippen LogP contribution in [-0.4, -0.2) is 16.1 Å². The lowest BCUT2D eigenvalue weighted by atomic mass is 10.2. The second-order valence-electron chi connectivity index (χ2n) is 3.47. The number of thiophene rings is 1. The Kier molecular flexibility index (Phi) is 3.83. The van der Waals surface area contributed by atoms with Gasteiger partial charge in [-0.2, -0.15) is 0 Å². The fraction of sp³-hybridized carbons (Fsp3) is 0.0909. The van der Waals surface area contributed by atoms with Crippen LogP contribution in [0.2, 0.25) is 0 Å². The maximum absolute atomic E-state index is 10.9. The molecule has 0 aliphatic heterocycles. The molecule has 0 bridgehead atoms. The van der Waals surface area contributed by atoms with Crippen molar-refractivity contribution >= 4 is 44.7 Å². The summed E-state index contributed by atoms with van der Waals surface area (Å²) < 4.78 is 1.01. The summed E-state index contributed by atoms with van der Waals surface area (Å²) in [6.07, 6.45) is 1.42. The molecule has 2 aromatic rings. The number of aromatic nitrogens is 1. The minimum absolute atomic E-state index is 0.0535. The molecule has 0 fully saturated rings. The first kappa shape index (κ1) is 12.8. The van der Waals surface area contributed by atoms with E-state index in [0.717, 1.165) is 9.35 Å². The van der Waals surface area contributed by atoms with Crippen molar-refractivity contribution in [3.63, 3.8) is 0 Å². The highest BCUT2D eigenvalue weighted by Gasteiger charge is 2.12. The molecular weight excluding hydrogens is 318 g/mol. The Morgan fingerprint density at radius 1 is 1.56 bits per heavy atom. The Morgan fingerprint density at radius 3 is 2.94 bits per heavy atom. The molecule has 0 aliphatic rings. The SMILES string of the molecule is Nc1c(C(=O)O)ccnc1NCc1sccc1Br. The van der Waals surface area contributed by atoms with Crippen LogP contribution >= 0.6 is 27.3 Å². The average Bonchev–Trinajstić information content (AvgIpc) is 2.73. The molecule has 18 heavy (non-hydrogen) atoms. The van der Waals surface area contributed by atoms with Crippen LogP contribution in [0.25, 0.3) is 0 Å². The van der Waals surface area contributed by atoms with E-state index in [9.17, 15) is 4.79 Å². The molecule has 2 aromatic heterocycles. The Labute approximate surface area is 116 Å². The number of hydrogen-bond donors (Lipinski definition) is 3. The fourth-order valence-electron chi connectivity index (χ4n) is 1.42. The van der Waals surface area contributed by atoms with Crippen LogP contribution in [0.15, 0.2) is 28.2 Å². The van der Waals surface area contributed by atoms with Gasteiger partial charge < -0.3 is 16.2 Å². The highest BCUT2D eigenvalue weighted by Crippen LogP contribution is 2.25. The molecule has 4 N–H and O–H groups in total. The molecular formula is C11H10BrN3O2S. The summed E-state index contributed by atoms with van der Waals surface area (Å²) in [7, 11) is 0. The van der Waals surface area contributed by atoms with Gasteiger partial charge in [0, 0.05) is 15.5 Å². The zero-order valence-corrected chi connectivity index (χ0v) is 11.6. The molecule has 94 valence electrons. The van der Waals surface area contributed by atoms with Crippen molar-refractivity contribution in [2.75, 3.05) is 11.1 Å². The molecule has 2 heterocycles. The normalized spacial score (nSPS) is 10.3. The molecule has 0 unspecified atom stereocenters. The summed E-state index contributed by atoms with van der Waals surface area (Å²) in [4.78, 5) is 16.1. The van der Waals surface area contributed by atoms with Gasteiger partial charge in [0.2, 0.25) is 0 Å². The third-order valence-electron chi connectivity index (χ3n) is 2.33. The van der Waals surface area contributed by atoms with E-state index in [1.54, 1.807) is 11.3 Å². The number of carbonyl (C=O) groups is 1. The standard InChI is InChI=1S/C11H10BrN3O2S/c12-7-2-4-18-8(7)5-15-10-9(13)6(11(16)17)1-3-14-10/h1-4H,5,13H2,(H,14,15)(H,16,17). The van der Waals surface area contributed by atoms with Crippen molar-refractivity contribution in [1.82, 2.24) is 4.98 Å². The van der Waals surface area contributed by atoms with Crippen LogP contribution in [0.3, 0.4) is 0 Å². The van der Waals surface area contributed by atoms with Crippen molar-refractivity contribution in [3.05, 3.63) is 38.6 Å². The zero-order valence-electron chi connectivity index (χ0n) is 9.18. The predicted octanol–water partition coefficient (Wildman–Crippen LogP) is 2.80. The molecule has 7 heteroatoms.